The third-order valence-corrected chi connectivity index (χ3v) is 5.94. The van der Waals surface area contributed by atoms with Crippen LogP contribution in [0, 0.1) is 0 Å². The normalized spacial score (nSPS) is 19.0. The zero-order valence-corrected chi connectivity index (χ0v) is 16.9. The smallest absolute Gasteiger partial charge is 0.234 e. The molecule has 7 heteroatoms. The fourth-order valence-corrected chi connectivity index (χ4v) is 4.37. The van der Waals surface area contributed by atoms with Gasteiger partial charge in [-0.25, -0.2) is 4.98 Å². The Morgan fingerprint density at radius 2 is 1.93 bits per heavy atom. The summed E-state index contributed by atoms with van der Waals surface area (Å²) in [6.45, 7) is 3.93. The summed E-state index contributed by atoms with van der Waals surface area (Å²) in [5, 5.41) is 3.93. The molecule has 1 aromatic carbocycles. The van der Waals surface area contributed by atoms with E-state index in [1.54, 1.807) is 0 Å². The van der Waals surface area contributed by atoms with Crippen LogP contribution in [-0.4, -0.2) is 59.1 Å². The number of hydrogen-bond acceptors (Lipinski definition) is 4. The molecule has 1 amide bonds. The number of nitrogens with zero attached hydrogens (tertiary/aromatic N) is 4. The molecule has 0 bridgehead atoms. The van der Waals surface area contributed by atoms with Crippen LogP contribution in [0.25, 0.3) is 5.69 Å². The predicted octanol–water partition coefficient (Wildman–Crippen LogP) is 3.10. The Balaban J connectivity index is 1.31. The van der Waals surface area contributed by atoms with E-state index < -0.39 is 0 Å². The van der Waals surface area contributed by atoms with E-state index in [0.717, 1.165) is 50.7 Å². The summed E-state index contributed by atoms with van der Waals surface area (Å²) in [5.41, 5.74) is 1.01. The summed E-state index contributed by atoms with van der Waals surface area (Å²) >= 11 is 6.15. The third-order valence-electron chi connectivity index (χ3n) is 5.70. The number of imidazole rings is 1. The van der Waals surface area contributed by atoms with E-state index >= 15 is 0 Å². The maximum atomic E-state index is 12.4. The topological polar surface area (TPSA) is 53.4 Å². The highest BCUT2D eigenvalue weighted by Gasteiger charge is 2.23. The molecular weight excluding hydrogens is 374 g/mol. The van der Waals surface area contributed by atoms with Gasteiger partial charge in [0.15, 0.2) is 0 Å². The van der Waals surface area contributed by atoms with Crippen LogP contribution < -0.4 is 10.2 Å². The molecule has 4 rings (SSSR count). The lowest BCUT2D eigenvalue weighted by atomic mass is 9.95. The highest BCUT2D eigenvalue weighted by molar-refractivity contribution is 6.30. The van der Waals surface area contributed by atoms with Crippen molar-refractivity contribution in [1.29, 1.82) is 0 Å². The van der Waals surface area contributed by atoms with Crippen molar-refractivity contribution >= 4 is 23.5 Å². The molecule has 0 radical (unpaired) electrons. The molecule has 1 aliphatic carbocycles. The van der Waals surface area contributed by atoms with Crippen LogP contribution in [0.2, 0.25) is 5.02 Å². The van der Waals surface area contributed by atoms with E-state index in [9.17, 15) is 4.79 Å². The van der Waals surface area contributed by atoms with E-state index in [1.807, 2.05) is 36.7 Å². The highest BCUT2D eigenvalue weighted by atomic mass is 35.5. The minimum atomic E-state index is 0.167. The minimum absolute atomic E-state index is 0.167. The standard InChI is InChI=1S/C21H28ClN5O/c22-17-5-4-8-19(15-17)27-10-9-23-21(27)26-13-11-25(12-14-26)16-20(28)24-18-6-2-1-3-7-18/h4-5,8-10,15,18H,1-3,6-7,11-14,16H2,(H,24,28). The number of aromatic nitrogens is 2. The van der Waals surface area contributed by atoms with Gasteiger partial charge < -0.3 is 10.2 Å². The molecule has 0 unspecified atom stereocenters. The van der Waals surface area contributed by atoms with Gasteiger partial charge in [0.2, 0.25) is 11.9 Å². The number of carbonyl (C=O) groups excluding carboxylic acids is 1. The summed E-state index contributed by atoms with van der Waals surface area (Å²) < 4.78 is 2.07. The first kappa shape index (κ1) is 19.3. The number of nitrogens with one attached hydrogen (secondary N) is 1. The molecule has 1 saturated carbocycles. The lowest BCUT2D eigenvalue weighted by molar-refractivity contribution is -0.123. The third kappa shape index (κ3) is 4.67. The Bertz CT molecular complexity index is 794. The molecule has 0 spiro atoms. The summed E-state index contributed by atoms with van der Waals surface area (Å²) in [7, 11) is 0. The Labute approximate surface area is 171 Å². The largest absolute Gasteiger partial charge is 0.352 e. The lowest BCUT2D eigenvalue weighted by Gasteiger charge is -2.35. The van der Waals surface area contributed by atoms with E-state index in [4.69, 9.17) is 11.6 Å². The predicted molar refractivity (Wildman–Crippen MR) is 112 cm³/mol. The number of hydrogen-bond donors (Lipinski definition) is 1. The Morgan fingerprint density at radius 3 is 2.68 bits per heavy atom. The Kier molecular flexibility index (Phi) is 6.17. The van der Waals surface area contributed by atoms with E-state index in [0.29, 0.717) is 17.6 Å². The molecule has 1 aliphatic heterocycles. The maximum Gasteiger partial charge on any atom is 0.234 e. The molecule has 2 aromatic rings. The first-order valence-electron chi connectivity index (χ1n) is 10.2. The van der Waals surface area contributed by atoms with Crippen molar-refractivity contribution in [3.8, 4) is 5.69 Å². The average molecular weight is 402 g/mol. The second kappa shape index (κ2) is 8.97. The molecule has 2 aliphatic rings. The number of piperazine rings is 1. The molecule has 28 heavy (non-hydrogen) atoms. The Morgan fingerprint density at radius 1 is 1.14 bits per heavy atom. The summed E-state index contributed by atoms with van der Waals surface area (Å²) in [4.78, 5) is 21.4. The van der Waals surface area contributed by atoms with Gasteiger partial charge in [-0.05, 0) is 31.0 Å². The van der Waals surface area contributed by atoms with Gasteiger partial charge in [-0.2, -0.15) is 0 Å². The second-order valence-electron chi connectivity index (χ2n) is 7.74. The zero-order valence-electron chi connectivity index (χ0n) is 16.2. The quantitative estimate of drug-likeness (QED) is 0.836. The number of benzene rings is 1. The molecule has 2 fully saturated rings. The van der Waals surface area contributed by atoms with Crippen LogP contribution in [0.15, 0.2) is 36.7 Å². The molecule has 1 N–H and O–H groups in total. The van der Waals surface area contributed by atoms with E-state index in [-0.39, 0.29) is 5.91 Å². The van der Waals surface area contributed by atoms with Crippen molar-refractivity contribution in [1.82, 2.24) is 19.8 Å². The summed E-state index contributed by atoms with van der Waals surface area (Å²) in [5.74, 6) is 1.09. The van der Waals surface area contributed by atoms with Gasteiger partial charge in [-0.15, -0.1) is 0 Å². The molecule has 6 nitrogen and oxygen atoms in total. The lowest BCUT2D eigenvalue weighted by Crippen LogP contribution is -2.51. The van der Waals surface area contributed by atoms with Gasteiger partial charge in [0, 0.05) is 55.3 Å². The van der Waals surface area contributed by atoms with Crippen LogP contribution in [0.1, 0.15) is 32.1 Å². The van der Waals surface area contributed by atoms with Crippen molar-refractivity contribution in [2.75, 3.05) is 37.6 Å². The van der Waals surface area contributed by atoms with Gasteiger partial charge in [-0.3, -0.25) is 14.3 Å². The van der Waals surface area contributed by atoms with Gasteiger partial charge in [0.25, 0.3) is 0 Å². The first-order valence-corrected chi connectivity index (χ1v) is 10.6. The molecular formula is C21H28ClN5O. The highest BCUT2D eigenvalue weighted by Crippen LogP contribution is 2.22. The van der Waals surface area contributed by atoms with Crippen molar-refractivity contribution < 1.29 is 4.79 Å². The van der Waals surface area contributed by atoms with Gasteiger partial charge in [-0.1, -0.05) is 36.9 Å². The van der Waals surface area contributed by atoms with Gasteiger partial charge in [0.05, 0.1) is 6.54 Å². The van der Waals surface area contributed by atoms with Crippen LogP contribution in [0.3, 0.4) is 0 Å². The van der Waals surface area contributed by atoms with Crippen molar-refractivity contribution in [3.63, 3.8) is 0 Å². The fraction of sp³-hybridized carbons (Fsp3) is 0.524. The molecule has 1 saturated heterocycles. The van der Waals surface area contributed by atoms with Crippen LogP contribution >= 0.6 is 11.6 Å². The fourth-order valence-electron chi connectivity index (χ4n) is 4.19. The Hall–Kier alpha value is -2.05. The molecule has 0 atom stereocenters. The van der Waals surface area contributed by atoms with E-state index in [1.165, 1.54) is 19.3 Å². The summed E-state index contributed by atoms with van der Waals surface area (Å²) in [6, 6.07) is 8.18. The molecule has 1 aromatic heterocycles. The number of halogens is 1. The number of rotatable bonds is 5. The first-order chi connectivity index (χ1) is 13.7. The van der Waals surface area contributed by atoms with Gasteiger partial charge in [0.1, 0.15) is 0 Å². The van der Waals surface area contributed by atoms with Gasteiger partial charge >= 0.3 is 0 Å². The van der Waals surface area contributed by atoms with Crippen LogP contribution in [0.5, 0.6) is 0 Å². The van der Waals surface area contributed by atoms with Crippen LogP contribution in [-0.2, 0) is 4.79 Å². The minimum Gasteiger partial charge on any atom is -0.352 e. The monoisotopic (exact) mass is 401 g/mol. The maximum absolute atomic E-state index is 12.4. The average Bonchev–Trinajstić information content (AvgIpc) is 3.19. The molecule has 2 heterocycles. The van der Waals surface area contributed by atoms with Crippen molar-refractivity contribution in [2.45, 2.75) is 38.1 Å². The molecule has 150 valence electrons. The van der Waals surface area contributed by atoms with E-state index in [2.05, 4.69) is 24.7 Å². The second-order valence-corrected chi connectivity index (χ2v) is 8.18. The number of carbonyl (C=O) groups is 1. The summed E-state index contributed by atoms with van der Waals surface area (Å²) in [6.07, 6.45) is 9.83. The SMILES string of the molecule is O=C(CN1CCN(c2nccn2-c2cccc(Cl)c2)CC1)NC1CCCCC1. The van der Waals surface area contributed by atoms with Crippen LogP contribution in [0.4, 0.5) is 5.95 Å². The van der Waals surface area contributed by atoms with Crippen molar-refractivity contribution in [2.24, 2.45) is 0 Å². The zero-order chi connectivity index (χ0) is 19.3. The number of amides is 1. The number of anilines is 1. The van der Waals surface area contributed by atoms with Crippen molar-refractivity contribution in [3.05, 3.63) is 41.7 Å².